The lowest BCUT2D eigenvalue weighted by atomic mass is 9.87. The summed E-state index contributed by atoms with van der Waals surface area (Å²) in [6.45, 7) is 2.02. The Bertz CT molecular complexity index is 335. The van der Waals surface area contributed by atoms with Gasteiger partial charge in [0, 0.05) is 24.2 Å². The van der Waals surface area contributed by atoms with Gasteiger partial charge in [0.2, 0.25) is 0 Å². The summed E-state index contributed by atoms with van der Waals surface area (Å²) < 4.78 is 0. The largest absolute Gasteiger partial charge is 0.365 e. The molecule has 0 saturated carbocycles. The van der Waals surface area contributed by atoms with Gasteiger partial charge in [-0.05, 0) is 31.6 Å². The van der Waals surface area contributed by atoms with Crippen LogP contribution in [0.2, 0.25) is 0 Å². The second kappa shape index (κ2) is 3.21. The molecule has 1 unspecified atom stereocenters. The zero-order valence-corrected chi connectivity index (χ0v) is 7.71. The molecule has 0 saturated heterocycles. The molecule has 2 rings (SSSR count). The molecule has 0 amide bonds. The van der Waals surface area contributed by atoms with Crippen molar-refractivity contribution in [3.8, 4) is 0 Å². The van der Waals surface area contributed by atoms with E-state index in [0.717, 1.165) is 6.42 Å². The number of hydrogen-bond acceptors (Lipinski definition) is 1. The average molecular weight is 175 g/mol. The Morgan fingerprint density at radius 2 is 2.31 bits per heavy atom. The molecular weight excluding hydrogens is 162 g/mol. The fourth-order valence-electron chi connectivity index (χ4n) is 1.91. The number of carbonyl (C=O) groups excluding carboxylic acids is 1. The quantitative estimate of drug-likeness (QED) is 0.698. The molecule has 0 fully saturated rings. The summed E-state index contributed by atoms with van der Waals surface area (Å²) in [5.41, 5.74) is 2.37. The highest BCUT2D eigenvalue weighted by Gasteiger charge is 2.20. The molecule has 1 N–H and O–H groups in total. The number of aromatic nitrogens is 1. The molecule has 1 aliphatic carbocycles. The van der Waals surface area contributed by atoms with Gasteiger partial charge in [0.05, 0.1) is 0 Å². The first-order valence-corrected chi connectivity index (χ1v) is 4.59. The summed E-state index contributed by atoms with van der Waals surface area (Å²) in [5.74, 6) is 0.621. The second-order valence-electron chi connectivity index (χ2n) is 3.69. The van der Waals surface area contributed by atoms with Gasteiger partial charge in [-0.1, -0.05) is 5.57 Å². The third-order valence-electron chi connectivity index (χ3n) is 2.49. The number of ketones is 1. The summed E-state index contributed by atoms with van der Waals surface area (Å²) in [7, 11) is 0. The van der Waals surface area contributed by atoms with Crippen molar-refractivity contribution in [3.05, 3.63) is 35.7 Å². The van der Waals surface area contributed by atoms with Crippen LogP contribution in [-0.4, -0.2) is 10.8 Å². The van der Waals surface area contributed by atoms with E-state index < -0.39 is 0 Å². The van der Waals surface area contributed by atoms with E-state index in [9.17, 15) is 4.79 Å². The fourth-order valence-corrected chi connectivity index (χ4v) is 1.91. The second-order valence-corrected chi connectivity index (χ2v) is 3.69. The van der Waals surface area contributed by atoms with Crippen molar-refractivity contribution in [1.29, 1.82) is 0 Å². The lowest BCUT2D eigenvalue weighted by Crippen LogP contribution is -2.11. The summed E-state index contributed by atoms with van der Waals surface area (Å²) in [6.07, 6.45) is 5.33. The molecule has 2 nitrogen and oxygen atoms in total. The van der Waals surface area contributed by atoms with E-state index in [0.29, 0.717) is 12.3 Å². The van der Waals surface area contributed by atoms with Crippen LogP contribution in [0.3, 0.4) is 0 Å². The molecule has 2 heteroatoms. The van der Waals surface area contributed by atoms with Gasteiger partial charge in [0.25, 0.3) is 0 Å². The van der Waals surface area contributed by atoms with E-state index >= 15 is 0 Å². The van der Waals surface area contributed by atoms with Crippen LogP contribution in [0.15, 0.2) is 30.0 Å². The Labute approximate surface area is 77.7 Å². The Morgan fingerprint density at radius 1 is 1.46 bits per heavy atom. The first-order valence-electron chi connectivity index (χ1n) is 4.59. The molecule has 0 aliphatic heterocycles. The predicted molar refractivity (Wildman–Crippen MR) is 51.5 cm³/mol. The minimum atomic E-state index is 0.253. The molecule has 0 spiro atoms. The maximum atomic E-state index is 11.3. The highest BCUT2D eigenvalue weighted by Crippen LogP contribution is 2.29. The molecule has 1 heterocycles. The number of aromatic amines is 1. The topological polar surface area (TPSA) is 32.9 Å². The smallest absolute Gasteiger partial charge is 0.156 e. The number of carbonyl (C=O) groups is 1. The monoisotopic (exact) mass is 175 g/mol. The van der Waals surface area contributed by atoms with Crippen molar-refractivity contribution in [2.75, 3.05) is 0 Å². The van der Waals surface area contributed by atoms with E-state index in [-0.39, 0.29) is 5.78 Å². The third-order valence-corrected chi connectivity index (χ3v) is 2.49. The van der Waals surface area contributed by atoms with Gasteiger partial charge in [-0.25, -0.2) is 0 Å². The van der Waals surface area contributed by atoms with E-state index in [2.05, 4.69) is 11.1 Å². The van der Waals surface area contributed by atoms with E-state index in [1.165, 1.54) is 11.3 Å². The number of hydrogen-bond donors (Lipinski definition) is 1. The molecule has 68 valence electrons. The van der Waals surface area contributed by atoms with Crippen LogP contribution in [0.1, 0.15) is 31.4 Å². The van der Waals surface area contributed by atoms with Crippen molar-refractivity contribution in [1.82, 2.24) is 4.98 Å². The van der Waals surface area contributed by atoms with Gasteiger partial charge in [-0.2, -0.15) is 0 Å². The summed E-state index contributed by atoms with van der Waals surface area (Å²) in [4.78, 5) is 14.5. The van der Waals surface area contributed by atoms with Gasteiger partial charge >= 0.3 is 0 Å². The number of allylic oxidation sites excluding steroid dienone is 2. The Morgan fingerprint density at radius 3 is 2.92 bits per heavy atom. The molecule has 1 aromatic rings. The van der Waals surface area contributed by atoms with Gasteiger partial charge in [0.1, 0.15) is 0 Å². The van der Waals surface area contributed by atoms with Crippen LogP contribution in [0.5, 0.6) is 0 Å². The van der Waals surface area contributed by atoms with Crippen LogP contribution in [0.4, 0.5) is 0 Å². The van der Waals surface area contributed by atoms with Crippen molar-refractivity contribution < 1.29 is 4.79 Å². The molecule has 0 bridgehead atoms. The van der Waals surface area contributed by atoms with E-state index in [1.807, 2.05) is 19.2 Å². The Balaban J connectivity index is 2.20. The minimum Gasteiger partial charge on any atom is -0.365 e. The van der Waals surface area contributed by atoms with Crippen molar-refractivity contribution in [3.63, 3.8) is 0 Å². The van der Waals surface area contributed by atoms with Gasteiger partial charge in [-0.3, -0.25) is 4.79 Å². The molecule has 1 aromatic heterocycles. The summed E-state index contributed by atoms with van der Waals surface area (Å²) >= 11 is 0. The van der Waals surface area contributed by atoms with Crippen LogP contribution in [0, 0.1) is 0 Å². The van der Waals surface area contributed by atoms with Crippen molar-refractivity contribution in [2.45, 2.75) is 25.7 Å². The van der Waals surface area contributed by atoms with Crippen LogP contribution in [-0.2, 0) is 4.79 Å². The van der Waals surface area contributed by atoms with Gasteiger partial charge in [-0.15, -0.1) is 0 Å². The maximum absolute atomic E-state index is 11.3. The minimum absolute atomic E-state index is 0.253. The molecule has 0 aromatic carbocycles. The first-order chi connectivity index (χ1) is 6.25. The fraction of sp³-hybridized carbons (Fsp3) is 0.364. The molecular formula is C11H13NO. The zero-order chi connectivity index (χ0) is 9.26. The van der Waals surface area contributed by atoms with Gasteiger partial charge < -0.3 is 4.98 Å². The molecule has 13 heavy (non-hydrogen) atoms. The zero-order valence-electron chi connectivity index (χ0n) is 7.71. The summed E-state index contributed by atoms with van der Waals surface area (Å²) in [5, 5.41) is 0. The predicted octanol–water partition coefficient (Wildman–Crippen LogP) is 2.41. The number of H-pyrrole nitrogens is 1. The lowest BCUT2D eigenvalue weighted by molar-refractivity contribution is -0.115. The maximum Gasteiger partial charge on any atom is 0.156 e. The highest BCUT2D eigenvalue weighted by atomic mass is 16.1. The number of rotatable bonds is 1. The average Bonchev–Trinajstić information content (AvgIpc) is 2.53. The van der Waals surface area contributed by atoms with Crippen molar-refractivity contribution >= 4 is 5.78 Å². The first kappa shape index (κ1) is 8.30. The highest BCUT2D eigenvalue weighted by molar-refractivity contribution is 5.91. The normalized spacial score (nSPS) is 23.0. The molecule has 1 atom stereocenters. The molecule has 1 aliphatic rings. The standard InChI is InChI=1S/C11H13NO/c1-8-5-9(7-10(13)6-8)11-3-2-4-12-11/h2-4,6,9,12H,5,7H2,1H3. The SMILES string of the molecule is CC1=CC(=O)CC(c2ccc[nH]2)C1. The van der Waals surface area contributed by atoms with E-state index in [1.54, 1.807) is 6.08 Å². The van der Waals surface area contributed by atoms with Crippen LogP contribution >= 0.6 is 0 Å². The van der Waals surface area contributed by atoms with E-state index in [4.69, 9.17) is 0 Å². The van der Waals surface area contributed by atoms with Crippen LogP contribution in [0.25, 0.3) is 0 Å². The van der Waals surface area contributed by atoms with Gasteiger partial charge in [0.15, 0.2) is 5.78 Å². The summed E-state index contributed by atoms with van der Waals surface area (Å²) in [6, 6.07) is 4.03. The number of nitrogens with one attached hydrogen (secondary N) is 1. The third kappa shape index (κ3) is 1.72. The Kier molecular flexibility index (Phi) is 2.05. The van der Waals surface area contributed by atoms with Crippen LogP contribution < -0.4 is 0 Å². The lowest BCUT2D eigenvalue weighted by Gasteiger charge is -2.18. The Hall–Kier alpha value is -1.31. The van der Waals surface area contributed by atoms with Crippen molar-refractivity contribution in [2.24, 2.45) is 0 Å². The molecule has 0 radical (unpaired) electrons.